The van der Waals surface area contributed by atoms with Gasteiger partial charge >= 0.3 is 0 Å². The number of carbonyl (C=O) groups excluding carboxylic acids is 1. The largest absolute Gasteiger partial charge is 0.387 e. The third-order valence-corrected chi connectivity index (χ3v) is 4.79. The van der Waals surface area contributed by atoms with E-state index in [0.717, 1.165) is 16.5 Å². The molecule has 4 rings (SSSR count). The van der Waals surface area contributed by atoms with Crippen LogP contribution in [0.3, 0.4) is 0 Å². The third-order valence-electron chi connectivity index (χ3n) is 4.79. The summed E-state index contributed by atoms with van der Waals surface area (Å²) >= 11 is 0. The average molecular weight is 356 g/mol. The van der Waals surface area contributed by atoms with Crippen molar-refractivity contribution in [2.24, 2.45) is 0 Å². The van der Waals surface area contributed by atoms with Crippen LogP contribution in [0.5, 0.6) is 0 Å². The molecule has 26 heavy (non-hydrogen) atoms. The highest BCUT2D eigenvalue weighted by molar-refractivity contribution is 5.99. The lowest BCUT2D eigenvalue weighted by molar-refractivity contribution is -0.142. The summed E-state index contributed by atoms with van der Waals surface area (Å²) in [5.41, 5.74) is 2.21. The number of amides is 1. The topological polar surface area (TPSA) is 92.1 Å². The smallest absolute Gasteiger partial charge is 0.273 e. The van der Waals surface area contributed by atoms with Crippen molar-refractivity contribution in [3.8, 4) is 0 Å². The number of methoxy groups -OCH3 is 1. The van der Waals surface area contributed by atoms with Gasteiger partial charge in [-0.25, -0.2) is 4.98 Å². The van der Waals surface area contributed by atoms with E-state index in [1.54, 1.807) is 17.1 Å². The van der Waals surface area contributed by atoms with Gasteiger partial charge in [-0.1, -0.05) is 30.4 Å². The van der Waals surface area contributed by atoms with Crippen LogP contribution < -0.4 is 0 Å². The van der Waals surface area contributed by atoms with Crippen LogP contribution in [-0.2, 0) is 16.0 Å². The Kier molecular flexibility index (Phi) is 4.46. The molecule has 7 heteroatoms. The van der Waals surface area contributed by atoms with Gasteiger partial charge in [0.15, 0.2) is 6.29 Å². The molecular weight excluding hydrogens is 336 g/mol. The van der Waals surface area contributed by atoms with Crippen molar-refractivity contribution in [1.82, 2.24) is 9.88 Å². The van der Waals surface area contributed by atoms with Gasteiger partial charge in [-0.2, -0.15) is 0 Å². The summed E-state index contributed by atoms with van der Waals surface area (Å²) in [6, 6.07) is 9.72. The first-order valence-corrected chi connectivity index (χ1v) is 8.47. The Hall–Kier alpha value is -2.32. The van der Waals surface area contributed by atoms with Crippen molar-refractivity contribution in [2.45, 2.75) is 31.1 Å². The summed E-state index contributed by atoms with van der Waals surface area (Å²) in [7, 11) is 1.41. The lowest BCUT2D eigenvalue weighted by atomic mass is 10.1. The SMILES string of the molecule is COC1O[C@H](/C=C/CN2Cc3cc4ccccc4nc3C2=O)[C@@H](O)[C@H]1O. The number of pyridine rings is 1. The van der Waals surface area contributed by atoms with Crippen molar-refractivity contribution in [2.75, 3.05) is 13.7 Å². The van der Waals surface area contributed by atoms with Gasteiger partial charge in [0.05, 0.1) is 5.52 Å². The van der Waals surface area contributed by atoms with Crippen LogP contribution in [0, 0.1) is 0 Å². The number of carbonyl (C=O) groups is 1. The second kappa shape index (κ2) is 6.77. The number of hydrogen-bond acceptors (Lipinski definition) is 6. The molecule has 1 amide bonds. The third kappa shape index (κ3) is 2.89. The van der Waals surface area contributed by atoms with Crippen LogP contribution in [0.1, 0.15) is 16.1 Å². The fourth-order valence-corrected chi connectivity index (χ4v) is 3.39. The van der Waals surface area contributed by atoms with Gasteiger partial charge in [0.25, 0.3) is 5.91 Å². The van der Waals surface area contributed by atoms with Gasteiger partial charge in [-0.3, -0.25) is 4.79 Å². The standard InChI is InChI=1S/C19H20N2O5/c1-25-19-17(23)16(22)14(26-19)7-4-8-21-10-12-9-11-5-2-3-6-13(11)20-15(12)18(21)24/h2-7,9,14,16-17,19,22-23H,8,10H2,1H3/b7-4+/t14-,16-,17-,19?/m1/s1. The molecular formula is C19H20N2O5. The molecule has 1 saturated heterocycles. The number of fused-ring (bicyclic) bond motifs is 2. The first kappa shape index (κ1) is 17.1. The van der Waals surface area contributed by atoms with Crippen LogP contribution in [0.2, 0.25) is 0 Å². The number of aliphatic hydroxyl groups excluding tert-OH is 2. The highest BCUT2D eigenvalue weighted by atomic mass is 16.7. The highest BCUT2D eigenvalue weighted by Gasteiger charge is 2.41. The van der Waals surface area contributed by atoms with Crippen LogP contribution in [-0.4, -0.2) is 64.3 Å². The van der Waals surface area contributed by atoms with Gasteiger partial charge < -0.3 is 24.6 Å². The number of aliphatic hydroxyl groups is 2. The molecule has 0 radical (unpaired) electrons. The summed E-state index contributed by atoms with van der Waals surface area (Å²) in [5.74, 6) is -0.113. The number of ether oxygens (including phenoxy) is 2. The Bertz CT molecular complexity index is 868. The quantitative estimate of drug-likeness (QED) is 0.789. The van der Waals surface area contributed by atoms with Crippen LogP contribution >= 0.6 is 0 Å². The predicted octanol–water partition coefficient (Wildman–Crippen LogP) is 0.840. The van der Waals surface area contributed by atoms with E-state index in [4.69, 9.17) is 9.47 Å². The molecule has 2 aliphatic rings. The van der Waals surface area contributed by atoms with E-state index in [9.17, 15) is 15.0 Å². The van der Waals surface area contributed by atoms with Crippen molar-refractivity contribution in [3.63, 3.8) is 0 Å². The van der Waals surface area contributed by atoms with Crippen molar-refractivity contribution >= 4 is 16.8 Å². The molecule has 2 N–H and O–H groups in total. The zero-order valence-electron chi connectivity index (χ0n) is 14.3. The van der Waals surface area contributed by atoms with Gasteiger partial charge in [0.1, 0.15) is 24.0 Å². The van der Waals surface area contributed by atoms with Crippen molar-refractivity contribution in [3.05, 3.63) is 53.7 Å². The van der Waals surface area contributed by atoms with E-state index in [2.05, 4.69) is 4.98 Å². The van der Waals surface area contributed by atoms with Crippen LogP contribution in [0.15, 0.2) is 42.5 Å². The van der Waals surface area contributed by atoms with E-state index in [1.165, 1.54) is 7.11 Å². The maximum Gasteiger partial charge on any atom is 0.273 e. The number of hydrogen-bond donors (Lipinski definition) is 2. The minimum Gasteiger partial charge on any atom is -0.387 e. The van der Waals surface area contributed by atoms with Gasteiger partial charge in [-0.15, -0.1) is 0 Å². The Balaban J connectivity index is 1.45. The van der Waals surface area contributed by atoms with Crippen LogP contribution in [0.25, 0.3) is 10.9 Å². The number of aromatic nitrogens is 1. The molecule has 2 aliphatic heterocycles. The molecule has 2 aromatic rings. The molecule has 1 aromatic heterocycles. The molecule has 1 aromatic carbocycles. The van der Waals surface area contributed by atoms with E-state index >= 15 is 0 Å². The Morgan fingerprint density at radius 2 is 2.15 bits per heavy atom. The maximum absolute atomic E-state index is 12.6. The van der Waals surface area contributed by atoms with Crippen molar-refractivity contribution < 1.29 is 24.5 Å². The molecule has 7 nitrogen and oxygen atoms in total. The first-order chi connectivity index (χ1) is 12.6. The fourth-order valence-electron chi connectivity index (χ4n) is 3.39. The van der Waals surface area contributed by atoms with Gasteiger partial charge in [0, 0.05) is 31.1 Å². The zero-order chi connectivity index (χ0) is 18.3. The lowest BCUT2D eigenvalue weighted by Crippen LogP contribution is -2.32. The highest BCUT2D eigenvalue weighted by Crippen LogP contribution is 2.26. The summed E-state index contributed by atoms with van der Waals surface area (Å²) in [6.45, 7) is 0.861. The molecule has 136 valence electrons. The molecule has 4 atom stereocenters. The number of nitrogens with zero attached hydrogens (tertiary/aromatic N) is 2. The monoisotopic (exact) mass is 356 g/mol. The van der Waals surface area contributed by atoms with Gasteiger partial charge in [-0.05, 0) is 12.1 Å². The van der Waals surface area contributed by atoms with E-state index in [-0.39, 0.29) is 5.91 Å². The molecule has 0 aliphatic carbocycles. The van der Waals surface area contributed by atoms with E-state index < -0.39 is 24.6 Å². The van der Waals surface area contributed by atoms with Gasteiger partial charge in [0.2, 0.25) is 0 Å². The minimum absolute atomic E-state index is 0.113. The van der Waals surface area contributed by atoms with E-state index in [0.29, 0.717) is 18.8 Å². The normalized spacial score (nSPS) is 28.4. The second-order valence-corrected chi connectivity index (χ2v) is 6.49. The summed E-state index contributed by atoms with van der Waals surface area (Å²) in [4.78, 5) is 18.7. The van der Waals surface area contributed by atoms with Crippen LogP contribution in [0.4, 0.5) is 0 Å². The Morgan fingerprint density at radius 3 is 2.92 bits per heavy atom. The second-order valence-electron chi connectivity index (χ2n) is 6.49. The van der Waals surface area contributed by atoms with E-state index in [1.807, 2.05) is 30.3 Å². The fraction of sp³-hybridized carbons (Fsp3) is 0.368. The Morgan fingerprint density at radius 1 is 1.35 bits per heavy atom. The summed E-state index contributed by atoms with van der Waals surface area (Å²) in [5, 5.41) is 20.8. The average Bonchev–Trinajstić information content (AvgIpc) is 3.11. The number of para-hydroxylation sites is 1. The molecule has 1 unspecified atom stereocenters. The molecule has 1 fully saturated rings. The molecule has 0 spiro atoms. The number of rotatable bonds is 4. The zero-order valence-corrected chi connectivity index (χ0v) is 14.3. The summed E-state index contributed by atoms with van der Waals surface area (Å²) in [6.07, 6.45) is -0.279. The lowest BCUT2D eigenvalue weighted by Gasteiger charge is -2.13. The summed E-state index contributed by atoms with van der Waals surface area (Å²) < 4.78 is 10.4. The number of benzene rings is 1. The molecule has 0 bridgehead atoms. The predicted molar refractivity (Wildman–Crippen MR) is 93.3 cm³/mol. The van der Waals surface area contributed by atoms with Crippen molar-refractivity contribution in [1.29, 1.82) is 0 Å². The minimum atomic E-state index is -1.09. The first-order valence-electron chi connectivity index (χ1n) is 8.47. The molecule has 0 saturated carbocycles. The Labute approximate surface area is 150 Å². The molecule has 3 heterocycles. The maximum atomic E-state index is 12.6.